The molecular formula is C14H14N4OS. The van der Waals surface area contributed by atoms with Crippen LogP contribution in [0.2, 0.25) is 0 Å². The molecule has 6 heteroatoms. The Kier molecular flexibility index (Phi) is 2.70. The maximum Gasteiger partial charge on any atom is 0.231 e. The summed E-state index contributed by atoms with van der Waals surface area (Å²) < 4.78 is 7.66. The predicted molar refractivity (Wildman–Crippen MR) is 75.6 cm³/mol. The van der Waals surface area contributed by atoms with E-state index in [-0.39, 0.29) is 0 Å². The summed E-state index contributed by atoms with van der Waals surface area (Å²) in [5, 5.41) is 6.19. The molecule has 1 aliphatic rings. The normalized spacial score (nSPS) is 18.1. The summed E-state index contributed by atoms with van der Waals surface area (Å²) in [5.41, 5.74) is 1.20. The van der Waals surface area contributed by atoms with Crippen LogP contribution in [0.4, 0.5) is 0 Å². The Morgan fingerprint density at radius 1 is 1.45 bits per heavy atom. The molecule has 0 spiro atoms. The van der Waals surface area contributed by atoms with Crippen LogP contribution >= 0.6 is 11.3 Å². The lowest BCUT2D eigenvalue weighted by atomic mass is 9.99. The number of rotatable bonds is 2. The van der Waals surface area contributed by atoms with Crippen molar-refractivity contribution in [2.75, 3.05) is 0 Å². The molecular weight excluding hydrogens is 272 g/mol. The van der Waals surface area contributed by atoms with E-state index in [4.69, 9.17) is 4.52 Å². The Hall–Kier alpha value is -1.95. The molecule has 1 aliphatic heterocycles. The van der Waals surface area contributed by atoms with Crippen molar-refractivity contribution < 1.29 is 4.52 Å². The van der Waals surface area contributed by atoms with Gasteiger partial charge in [0.05, 0.1) is 10.8 Å². The third kappa shape index (κ3) is 1.87. The molecule has 0 bridgehead atoms. The van der Waals surface area contributed by atoms with E-state index >= 15 is 0 Å². The van der Waals surface area contributed by atoms with E-state index in [2.05, 4.69) is 38.1 Å². The first-order valence-corrected chi connectivity index (χ1v) is 7.57. The second-order valence-electron chi connectivity index (χ2n) is 5.12. The van der Waals surface area contributed by atoms with Crippen molar-refractivity contribution in [3.63, 3.8) is 0 Å². The molecule has 0 saturated carbocycles. The standard InChI is InChI=1S/C14H14N4OS/c1-9-4-7-20-12(9)13-16-14(19-17-13)10-2-3-11-15-5-6-18(11)8-10/h4-7,10H,2-3,8H2,1H3/t10-/m0/s1. The number of fused-ring (bicyclic) bond motifs is 1. The molecule has 0 N–H and O–H groups in total. The molecule has 0 amide bonds. The zero-order valence-corrected chi connectivity index (χ0v) is 11.9. The molecule has 20 heavy (non-hydrogen) atoms. The van der Waals surface area contributed by atoms with Crippen LogP contribution in [0, 0.1) is 6.92 Å². The van der Waals surface area contributed by atoms with E-state index in [1.807, 2.05) is 12.4 Å². The van der Waals surface area contributed by atoms with Gasteiger partial charge in [0.2, 0.25) is 11.7 Å². The van der Waals surface area contributed by atoms with Gasteiger partial charge >= 0.3 is 0 Å². The van der Waals surface area contributed by atoms with Crippen molar-refractivity contribution >= 4 is 11.3 Å². The van der Waals surface area contributed by atoms with Crippen molar-refractivity contribution in [2.24, 2.45) is 0 Å². The highest BCUT2D eigenvalue weighted by molar-refractivity contribution is 7.13. The predicted octanol–water partition coefficient (Wildman–Crippen LogP) is 3.03. The maximum atomic E-state index is 5.49. The van der Waals surface area contributed by atoms with Crippen molar-refractivity contribution in [2.45, 2.75) is 32.2 Å². The highest BCUT2D eigenvalue weighted by Crippen LogP contribution is 2.31. The minimum Gasteiger partial charge on any atom is -0.339 e. The molecule has 4 heterocycles. The second-order valence-corrected chi connectivity index (χ2v) is 6.04. The number of hydrogen-bond donors (Lipinski definition) is 0. The minimum atomic E-state index is 0.290. The number of imidazole rings is 1. The largest absolute Gasteiger partial charge is 0.339 e. The molecule has 0 aliphatic carbocycles. The number of thiophene rings is 1. The molecule has 3 aromatic rings. The van der Waals surface area contributed by atoms with Crippen LogP contribution in [0.5, 0.6) is 0 Å². The Morgan fingerprint density at radius 3 is 3.25 bits per heavy atom. The Labute approximate surface area is 120 Å². The van der Waals surface area contributed by atoms with Gasteiger partial charge in [-0.1, -0.05) is 5.16 Å². The summed E-state index contributed by atoms with van der Waals surface area (Å²) in [6.07, 6.45) is 5.85. The summed E-state index contributed by atoms with van der Waals surface area (Å²) >= 11 is 1.65. The lowest BCUT2D eigenvalue weighted by Crippen LogP contribution is -2.18. The van der Waals surface area contributed by atoms with Crippen LogP contribution < -0.4 is 0 Å². The van der Waals surface area contributed by atoms with Gasteiger partial charge in [0.15, 0.2) is 0 Å². The lowest BCUT2D eigenvalue weighted by Gasteiger charge is -2.20. The van der Waals surface area contributed by atoms with Crippen molar-refractivity contribution in [1.29, 1.82) is 0 Å². The molecule has 5 nitrogen and oxygen atoms in total. The van der Waals surface area contributed by atoms with Gasteiger partial charge in [-0.2, -0.15) is 4.98 Å². The fourth-order valence-electron chi connectivity index (χ4n) is 2.66. The van der Waals surface area contributed by atoms with E-state index in [1.54, 1.807) is 11.3 Å². The average molecular weight is 286 g/mol. The van der Waals surface area contributed by atoms with E-state index in [0.29, 0.717) is 11.7 Å². The summed E-state index contributed by atoms with van der Waals surface area (Å²) in [5.74, 6) is 2.89. The summed E-state index contributed by atoms with van der Waals surface area (Å²) in [6, 6.07) is 2.08. The third-order valence-corrected chi connectivity index (χ3v) is 4.80. The van der Waals surface area contributed by atoms with E-state index < -0.39 is 0 Å². The molecule has 0 aromatic carbocycles. The van der Waals surface area contributed by atoms with Crippen LogP contribution in [-0.4, -0.2) is 19.7 Å². The molecule has 0 saturated heterocycles. The quantitative estimate of drug-likeness (QED) is 0.726. The van der Waals surface area contributed by atoms with Gasteiger partial charge in [0.1, 0.15) is 5.82 Å². The van der Waals surface area contributed by atoms with Crippen LogP contribution in [0.15, 0.2) is 28.4 Å². The summed E-state index contributed by atoms with van der Waals surface area (Å²) in [7, 11) is 0. The van der Waals surface area contributed by atoms with Crippen molar-refractivity contribution in [1.82, 2.24) is 19.7 Å². The third-order valence-electron chi connectivity index (χ3n) is 3.79. The zero-order valence-electron chi connectivity index (χ0n) is 11.1. The van der Waals surface area contributed by atoms with Crippen LogP contribution in [-0.2, 0) is 13.0 Å². The fraction of sp³-hybridized carbons (Fsp3) is 0.357. The number of aromatic nitrogens is 4. The Morgan fingerprint density at radius 2 is 2.40 bits per heavy atom. The van der Waals surface area contributed by atoms with Gasteiger partial charge in [-0.05, 0) is 30.4 Å². The maximum absolute atomic E-state index is 5.49. The Bertz CT molecular complexity index is 742. The van der Waals surface area contributed by atoms with E-state index in [9.17, 15) is 0 Å². The molecule has 4 rings (SSSR count). The SMILES string of the molecule is Cc1ccsc1-c1noc([C@H]2CCc3nccn3C2)n1. The zero-order chi connectivity index (χ0) is 13.5. The lowest BCUT2D eigenvalue weighted by molar-refractivity contribution is 0.316. The van der Waals surface area contributed by atoms with Gasteiger partial charge in [-0.15, -0.1) is 11.3 Å². The van der Waals surface area contributed by atoms with Gasteiger partial charge < -0.3 is 9.09 Å². The first-order chi connectivity index (χ1) is 9.81. The monoisotopic (exact) mass is 286 g/mol. The summed E-state index contributed by atoms with van der Waals surface area (Å²) in [6.45, 7) is 2.95. The minimum absolute atomic E-state index is 0.290. The van der Waals surface area contributed by atoms with Gasteiger partial charge in [-0.3, -0.25) is 0 Å². The van der Waals surface area contributed by atoms with Gasteiger partial charge in [-0.25, -0.2) is 4.98 Å². The molecule has 0 fully saturated rings. The fourth-order valence-corrected chi connectivity index (χ4v) is 3.51. The number of nitrogens with zero attached hydrogens (tertiary/aromatic N) is 4. The van der Waals surface area contributed by atoms with Crippen molar-refractivity contribution in [3.05, 3.63) is 41.1 Å². The molecule has 0 unspecified atom stereocenters. The van der Waals surface area contributed by atoms with E-state index in [1.165, 1.54) is 5.56 Å². The van der Waals surface area contributed by atoms with Crippen LogP contribution in [0.25, 0.3) is 10.7 Å². The first-order valence-electron chi connectivity index (χ1n) is 6.69. The van der Waals surface area contributed by atoms with Crippen molar-refractivity contribution in [3.8, 4) is 10.7 Å². The van der Waals surface area contributed by atoms with Gasteiger partial charge in [0.25, 0.3) is 0 Å². The van der Waals surface area contributed by atoms with Gasteiger partial charge in [0, 0.05) is 25.4 Å². The smallest absolute Gasteiger partial charge is 0.231 e. The summed E-state index contributed by atoms with van der Waals surface area (Å²) in [4.78, 5) is 10.0. The Balaban J connectivity index is 1.62. The van der Waals surface area contributed by atoms with Crippen LogP contribution in [0.1, 0.15) is 29.6 Å². The molecule has 3 aromatic heterocycles. The molecule has 102 valence electrons. The number of hydrogen-bond acceptors (Lipinski definition) is 5. The first kappa shape index (κ1) is 11.8. The number of aryl methyl sites for hydroxylation is 2. The second kappa shape index (κ2) is 4.56. The molecule has 1 atom stereocenters. The van der Waals surface area contributed by atoms with Crippen LogP contribution in [0.3, 0.4) is 0 Å². The molecule has 0 radical (unpaired) electrons. The highest BCUT2D eigenvalue weighted by Gasteiger charge is 2.25. The average Bonchev–Trinajstić information content (AvgIpc) is 3.17. The van der Waals surface area contributed by atoms with E-state index in [0.717, 1.165) is 36.0 Å². The topological polar surface area (TPSA) is 56.7 Å². The highest BCUT2D eigenvalue weighted by atomic mass is 32.1.